The topological polar surface area (TPSA) is 61.2 Å². The number of sulfone groups is 1. The molecule has 5 nitrogen and oxygen atoms in total. The van der Waals surface area contributed by atoms with E-state index in [0.29, 0.717) is 17.0 Å². The second-order valence-electron chi connectivity index (χ2n) is 6.12. The molecular weight excluding hydrogens is 312 g/mol. The van der Waals surface area contributed by atoms with E-state index in [1.165, 1.54) is 6.26 Å². The highest BCUT2D eigenvalue weighted by Crippen LogP contribution is 2.33. The Hall–Kier alpha value is -1.66. The molecular formula is C17H22N2O3S. The fourth-order valence-corrected chi connectivity index (χ4v) is 3.87. The molecule has 23 heavy (non-hydrogen) atoms. The van der Waals surface area contributed by atoms with E-state index in [2.05, 4.69) is 9.55 Å². The lowest BCUT2D eigenvalue weighted by molar-refractivity contribution is 0.0586. The Morgan fingerprint density at radius 1 is 1.13 bits per heavy atom. The van der Waals surface area contributed by atoms with Crippen LogP contribution < -0.4 is 0 Å². The molecule has 1 aliphatic carbocycles. The monoisotopic (exact) mass is 334 g/mol. The van der Waals surface area contributed by atoms with Crippen molar-refractivity contribution >= 4 is 9.84 Å². The largest absolute Gasteiger partial charge is 0.381 e. The van der Waals surface area contributed by atoms with Crippen molar-refractivity contribution in [2.45, 2.75) is 42.7 Å². The fourth-order valence-electron chi connectivity index (χ4n) is 3.24. The third kappa shape index (κ3) is 3.48. The van der Waals surface area contributed by atoms with E-state index in [1.54, 1.807) is 19.2 Å². The number of hydrogen-bond donors (Lipinski definition) is 0. The fraction of sp³-hybridized carbons (Fsp3) is 0.471. The minimum Gasteiger partial charge on any atom is -0.381 e. The zero-order chi connectivity index (χ0) is 16.4. The molecule has 0 atom stereocenters. The lowest BCUT2D eigenvalue weighted by Crippen LogP contribution is -2.22. The Kier molecular flexibility index (Phi) is 4.55. The van der Waals surface area contributed by atoms with E-state index in [-0.39, 0.29) is 0 Å². The Morgan fingerprint density at radius 2 is 1.78 bits per heavy atom. The molecule has 124 valence electrons. The van der Waals surface area contributed by atoms with Crippen molar-refractivity contribution in [3.8, 4) is 11.4 Å². The van der Waals surface area contributed by atoms with Gasteiger partial charge in [-0.3, -0.25) is 0 Å². The SMILES string of the molecule is COC1CCC(n2ccnc2-c2ccc(S(C)(=O)=O)cc2)CC1. The Labute approximate surface area is 137 Å². The molecule has 0 aliphatic heterocycles. The van der Waals surface area contributed by atoms with Crippen LogP contribution in [0.5, 0.6) is 0 Å². The summed E-state index contributed by atoms with van der Waals surface area (Å²) in [7, 11) is -1.39. The van der Waals surface area contributed by atoms with E-state index < -0.39 is 9.84 Å². The lowest BCUT2D eigenvalue weighted by atomic mass is 9.92. The number of imidazole rings is 1. The Morgan fingerprint density at radius 3 is 2.35 bits per heavy atom. The first kappa shape index (κ1) is 16.2. The number of hydrogen-bond acceptors (Lipinski definition) is 4. The summed E-state index contributed by atoms with van der Waals surface area (Å²) >= 11 is 0. The van der Waals surface area contributed by atoms with Gasteiger partial charge in [0.05, 0.1) is 11.0 Å². The van der Waals surface area contributed by atoms with Crippen LogP contribution in [0.15, 0.2) is 41.6 Å². The van der Waals surface area contributed by atoms with Crippen molar-refractivity contribution < 1.29 is 13.2 Å². The van der Waals surface area contributed by atoms with Crippen LogP contribution in [0.2, 0.25) is 0 Å². The van der Waals surface area contributed by atoms with Gasteiger partial charge in [-0.2, -0.15) is 0 Å². The predicted molar refractivity (Wildman–Crippen MR) is 89.1 cm³/mol. The highest BCUT2D eigenvalue weighted by molar-refractivity contribution is 7.90. The Balaban J connectivity index is 1.84. The van der Waals surface area contributed by atoms with Crippen LogP contribution in [-0.4, -0.2) is 37.4 Å². The van der Waals surface area contributed by atoms with Crippen molar-refractivity contribution in [2.24, 2.45) is 0 Å². The van der Waals surface area contributed by atoms with Crippen molar-refractivity contribution in [2.75, 3.05) is 13.4 Å². The molecule has 1 aromatic heterocycles. The summed E-state index contributed by atoms with van der Waals surface area (Å²) in [6.07, 6.45) is 9.67. The van der Waals surface area contributed by atoms with E-state index >= 15 is 0 Å². The van der Waals surface area contributed by atoms with E-state index in [4.69, 9.17) is 4.74 Å². The molecule has 2 aromatic rings. The number of nitrogens with zero attached hydrogens (tertiary/aromatic N) is 2. The molecule has 0 saturated heterocycles. The summed E-state index contributed by atoms with van der Waals surface area (Å²) in [5.74, 6) is 0.894. The van der Waals surface area contributed by atoms with E-state index in [0.717, 1.165) is 37.1 Å². The molecule has 1 fully saturated rings. The average Bonchev–Trinajstić information content (AvgIpc) is 3.04. The zero-order valence-corrected chi connectivity index (χ0v) is 14.3. The number of ether oxygens (including phenoxy) is 1. The zero-order valence-electron chi connectivity index (χ0n) is 13.5. The molecule has 3 rings (SSSR count). The number of rotatable bonds is 4. The smallest absolute Gasteiger partial charge is 0.175 e. The van der Waals surface area contributed by atoms with Crippen LogP contribution in [-0.2, 0) is 14.6 Å². The van der Waals surface area contributed by atoms with Gasteiger partial charge < -0.3 is 9.30 Å². The standard InChI is InChI=1S/C17H22N2O3S/c1-22-15-7-5-14(6-8-15)19-12-11-18-17(19)13-3-9-16(10-4-13)23(2,20)21/h3-4,9-12,14-15H,5-8H2,1-2H3. The van der Waals surface area contributed by atoms with Gasteiger partial charge in [-0.25, -0.2) is 13.4 Å². The van der Waals surface area contributed by atoms with Gasteiger partial charge in [0.1, 0.15) is 5.82 Å². The lowest BCUT2D eigenvalue weighted by Gasteiger charge is -2.29. The highest BCUT2D eigenvalue weighted by atomic mass is 32.2. The number of benzene rings is 1. The summed E-state index contributed by atoms with van der Waals surface area (Å²) in [6, 6.07) is 7.37. The maximum absolute atomic E-state index is 11.6. The molecule has 0 radical (unpaired) electrons. The van der Waals surface area contributed by atoms with Gasteiger partial charge in [0.2, 0.25) is 0 Å². The normalized spacial score (nSPS) is 22.2. The van der Waals surface area contributed by atoms with Crippen molar-refractivity contribution in [1.82, 2.24) is 9.55 Å². The van der Waals surface area contributed by atoms with Gasteiger partial charge in [-0.15, -0.1) is 0 Å². The minimum atomic E-state index is -3.17. The van der Waals surface area contributed by atoms with E-state index in [9.17, 15) is 8.42 Å². The molecule has 1 aromatic carbocycles. The molecule has 1 heterocycles. The summed E-state index contributed by atoms with van der Waals surface area (Å²) in [4.78, 5) is 4.81. The first-order valence-corrected chi connectivity index (χ1v) is 9.74. The molecule has 0 spiro atoms. The van der Waals surface area contributed by atoms with Gasteiger partial charge in [0.15, 0.2) is 9.84 Å². The summed E-state index contributed by atoms with van der Waals surface area (Å²) in [5.41, 5.74) is 0.941. The van der Waals surface area contributed by atoms with Crippen LogP contribution in [0.4, 0.5) is 0 Å². The van der Waals surface area contributed by atoms with E-state index in [1.807, 2.05) is 24.5 Å². The quantitative estimate of drug-likeness (QED) is 0.862. The molecule has 1 aliphatic rings. The molecule has 0 N–H and O–H groups in total. The van der Waals surface area contributed by atoms with Gasteiger partial charge in [0.25, 0.3) is 0 Å². The summed E-state index contributed by atoms with van der Waals surface area (Å²) in [5, 5.41) is 0. The van der Waals surface area contributed by atoms with Gasteiger partial charge >= 0.3 is 0 Å². The predicted octanol–water partition coefficient (Wildman–Crippen LogP) is 3.08. The van der Waals surface area contributed by atoms with Crippen LogP contribution in [0.3, 0.4) is 0 Å². The van der Waals surface area contributed by atoms with Gasteiger partial charge in [-0.1, -0.05) is 0 Å². The van der Waals surface area contributed by atoms with Gasteiger partial charge in [-0.05, 0) is 49.9 Å². The van der Waals surface area contributed by atoms with Gasteiger partial charge in [0, 0.05) is 37.4 Å². The van der Waals surface area contributed by atoms with Crippen molar-refractivity contribution in [3.63, 3.8) is 0 Å². The molecule has 6 heteroatoms. The van der Waals surface area contributed by atoms with Crippen LogP contribution in [0.1, 0.15) is 31.7 Å². The van der Waals surface area contributed by atoms with Crippen LogP contribution in [0.25, 0.3) is 11.4 Å². The highest BCUT2D eigenvalue weighted by Gasteiger charge is 2.23. The number of methoxy groups -OCH3 is 1. The molecule has 0 bridgehead atoms. The van der Waals surface area contributed by atoms with Crippen LogP contribution in [0, 0.1) is 0 Å². The Bertz CT molecular complexity index is 757. The molecule has 0 amide bonds. The average molecular weight is 334 g/mol. The first-order chi connectivity index (χ1) is 11.0. The second-order valence-corrected chi connectivity index (χ2v) is 8.14. The number of aromatic nitrogens is 2. The third-order valence-electron chi connectivity index (χ3n) is 4.58. The summed E-state index contributed by atoms with van der Waals surface area (Å²) < 4.78 is 30.8. The second kappa shape index (κ2) is 6.45. The van der Waals surface area contributed by atoms with Crippen molar-refractivity contribution in [3.05, 3.63) is 36.7 Å². The third-order valence-corrected chi connectivity index (χ3v) is 5.71. The van der Waals surface area contributed by atoms with Crippen molar-refractivity contribution in [1.29, 1.82) is 0 Å². The minimum absolute atomic E-state index is 0.333. The summed E-state index contributed by atoms with van der Waals surface area (Å²) in [6.45, 7) is 0. The first-order valence-electron chi connectivity index (χ1n) is 7.85. The molecule has 1 saturated carbocycles. The maximum atomic E-state index is 11.6. The maximum Gasteiger partial charge on any atom is 0.175 e. The molecule has 0 unspecified atom stereocenters. The van der Waals surface area contributed by atoms with Crippen LogP contribution >= 0.6 is 0 Å².